The normalized spacial score (nSPS) is 11.4. The number of ether oxygens (including phenoxy) is 1. The third kappa shape index (κ3) is 2.85. The molecule has 25 heavy (non-hydrogen) atoms. The highest BCUT2D eigenvalue weighted by Gasteiger charge is 2.09. The molecule has 0 amide bonds. The molecule has 124 valence electrons. The molecule has 0 spiro atoms. The SMILES string of the molecule is C=C(C)C(=O)OCCCc1cc2ccc3cccc4ccc(c1)c2c34. The summed E-state index contributed by atoms with van der Waals surface area (Å²) in [5.41, 5.74) is 1.72. The first-order chi connectivity index (χ1) is 12.1. The average Bonchev–Trinajstić information content (AvgIpc) is 2.63. The van der Waals surface area contributed by atoms with Crippen molar-refractivity contribution in [2.45, 2.75) is 19.8 Å². The van der Waals surface area contributed by atoms with E-state index in [1.54, 1.807) is 6.92 Å². The fourth-order valence-electron chi connectivity index (χ4n) is 3.53. The molecule has 4 rings (SSSR count). The van der Waals surface area contributed by atoms with Crippen molar-refractivity contribution in [1.29, 1.82) is 0 Å². The molecule has 0 saturated carbocycles. The minimum Gasteiger partial charge on any atom is -0.462 e. The quantitative estimate of drug-likeness (QED) is 0.205. The molecule has 0 unspecified atom stereocenters. The van der Waals surface area contributed by atoms with Crippen molar-refractivity contribution in [3.05, 3.63) is 72.3 Å². The van der Waals surface area contributed by atoms with Crippen molar-refractivity contribution in [3.63, 3.8) is 0 Å². The molecule has 2 heteroatoms. The summed E-state index contributed by atoms with van der Waals surface area (Å²) in [6.45, 7) is 5.69. The Hall–Kier alpha value is -2.87. The van der Waals surface area contributed by atoms with Crippen LogP contribution < -0.4 is 0 Å². The van der Waals surface area contributed by atoms with Crippen LogP contribution in [-0.4, -0.2) is 12.6 Å². The first-order valence-electron chi connectivity index (χ1n) is 8.62. The van der Waals surface area contributed by atoms with Crippen molar-refractivity contribution >= 4 is 38.3 Å². The number of carbonyl (C=O) groups excluding carboxylic acids is 1. The second-order valence-corrected chi connectivity index (χ2v) is 6.65. The Morgan fingerprint density at radius 1 is 0.920 bits per heavy atom. The van der Waals surface area contributed by atoms with E-state index in [1.807, 2.05) is 0 Å². The third-order valence-corrected chi connectivity index (χ3v) is 4.71. The highest BCUT2D eigenvalue weighted by Crippen LogP contribution is 2.35. The van der Waals surface area contributed by atoms with Gasteiger partial charge in [-0.3, -0.25) is 0 Å². The maximum atomic E-state index is 11.4. The molecule has 0 aliphatic rings. The summed E-state index contributed by atoms with van der Waals surface area (Å²) < 4.78 is 5.18. The number of benzene rings is 4. The van der Waals surface area contributed by atoms with Crippen molar-refractivity contribution in [2.24, 2.45) is 0 Å². The molecule has 0 aromatic heterocycles. The maximum absolute atomic E-state index is 11.4. The molecule has 0 radical (unpaired) electrons. The zero-order chi connectivity index (χ0) is 17.4. The predicted octanol–water partition coefficient (Wildman–Crippen LogP) is 5.64. The Morgan fingerprint density at radius 2 is 1.48 bits per heavy atom. The number of hydrogen-bond donors (Lipinski definition) is 0. The van der Waals surface area contributed by atoms with Crippen molar-refractivity contribution in [2.75, 3.05) is 6.61 Å². The lowest BCUT2D eigenvalue weighted by Crippen LogP contribution is -2.06. The van der Waals surface area contributed by atoms with Crippen LogP contribution >= 0.6 is 0 Å². The van der Waals surface area contributed by atoms with Gasteiger partial charge in [0.25, 0.3) is 0 Å². The molecular weight excluding hydrogens is 308 g/mol. The molecule has 0 bridgehead atoms. The fourth-order valence-corrected chi connectivity index (χ4v) is 3.53. The van der Waals surface area contributed by atoms with Crippen molar-refractivity contribution in [1.82, 2.24) is 0 Å². The highest BCUT2D eigenvalue weighted by atomic mass is 16.5. The van der Waals surface area contributed by atoms with E-state index in [-0.39, 0.29) is 5.97 Å². The van der Waals surface area contributed by atoms with Crippen LogP contribution in [0.2, 0.25) is 0 Å². The van der Waals surface area contributed by atoms with Gasteiger partial charge in [0.1, 0.15) is 0 Å². The molecule has 0 heterocycles. The standard InChI is InChI=1S/C23H20O2/c1-15(2)23(24)25-12-4-5-16-13-19-10-8-17-6-3-7-18-9-11-20(14-16)22(19)21(17)18/h3,6-11,13-14H,1,4-5,12H2,2H3. The van der Waals surface area contributed by atoms with E-state index in [2.05, 4.69) is 61.2 Å². The van der Waals surface area contributed by atoms with Crippen LogP contribution in [0.1, 0.15) is 18.9 Å². The highest BCUT2D eigenvalue weighted by molar-refractivity contribution is 6.23. The first kappa shape index (κ1) is 15.6. The lowest BCUT2D eigenvalue weighted by atomic mass is 9.92. The van der Waals surface area contributed by atoms with E-state index in [1.165, 1.54) is 37.9 Å². The van der Waals surface area contributed by atoms with Gasteiger partial charge in [0, 0.05) is 5.57 Å². The lowest BCUT2D eigenvalue weighted by Gasteiger charge is -2.12. The summed E-state index contributed by atoms with van der Waals surface area (Å²) in [5, 5.41) is 7.81. The second kappa shape index (κ2) is 6.21. The minimum atomic E-state index is -0.310. The summed E-state index contributed by atoms with van der Waals surface area (Å²) in [7, 11) is 0. The summed E-state index contributed by atoms with van der Waals surface area (Å²) in [6, 6.07) is 19.8. The minimum absolute atomic E-state index is 0.310. The molecule has 0 atom stereocenters. The van der Waals surface area contributed by atoms with Crippen LogP contribution in [0.5, 0.6) is 0 Å². The zero-order valence-electron chi connectivity index (χ0n) is 14.3. The second-order valence-electron chi connectivity index (χ2n) is 6.65. The Morgan fingerprint density at radius 3 is 2.08 bits per heavy atom. The Bertz CT molecular complexity index is 1030. The van der Waals surface area contributed by atoms with E-state index in [9.17, 15) is 4.79 Å². The fraction of sp³-hybridized carbons (Fsp3) is 0.174. The third-order valence-electron chi connectivity index (χ3n) is 4.71. The van der Waals surface area contributed by atoms with E-state index in [4.69, 9.17) is 4.74 Å². The van der Waals surface area contributed by atoms with Gasteiger partial charge in [-0.05, 0) is 57.6 Å². The van der Waals surface area contributed by atoms with Crippen LogP contribution in [0.15, 0.2) is 66.7 Å². The van der Waals surface area contributed by atoms with Gasteiger partial charge in [-0.15, -0.1) is 0 Å². The summed E-state index contributed by atoms with van der Waals surface area (Å²) >= 11 is 0. The van der Waals surface area contributed by atoms with Crippen LogP contribution in [0, 0.1) is 0 Å². The molecule has 4 aromatic rings. The summed E-state index contributed by atoms with van der Waals surface area (Å²) in [6.07, 6.45) is 1.70. The predicted molar refractivity (Wildman–Crippen MR) is 104 cm³/mol. The van der Waals surface area contributed by atoms with Crippen LogP contribution in [0.3, 0.4) is 0 Å². The zero-order valence-corrected chi connectivity index (χ0v) is 14.3. The monoisotopic (exact) mass is 328 g/mol. The lowest BCUT2D eigenvalue weighted by molar-refractivity contribution is -0.139. The van der Waals surface area contributed by atoms with Gasteiger partial charge in [0.2, 0.25) is 0 Å². The van der Waals surface area contributed by atoms with Crippen LogP contribution in [-0.2, 0) is 16.0 Å². The number of esters is 1. The van der Waals surface area contributed by atoms with Crippen molar-refractivity contribution < 1.29 is 9.53 Å². The van der Waals surface area contributed by atoms with Gasteiger partial charge < -0.3 is 4.74 Å². The van der Waals surface area contributed by atoms with Crippen LogP contribution in [0.4, 0.5) is 0 Å². The molecule has 0 N–H and O–H groups in total. The Labute approximate surface area is 147 Å². The number of rotatable bonds is 5. The molecule has 0 saturated heterocycles. The number of hydrogen-bond acceptors (Lipinski definition) is 2. The maximum Gasteiger partial charge on any atom is 0.333 e. The Balaban J connectivity index is 1.63. The number of aryl methyl sites for hydroxylation is 1. The molecular formula is C23H20O2. The Kier molecular flexibility index (Phi) is 3.89. The molecule has 0 aliphatic carbocycles. The van der Waals surface area contributed by atoms with Gasteiger partial charge in [0.15, 0.2) is 0 Å². The van der Waals surface area contributed by atoms with Gasteiger partial charge >= 0.3 is 5.97 Å². The van der Waals surface area contributed by atoms with Gasteiger partial charge in [-0.2, -0.15) is 0 Å². The molecule has 4 aromatic carbocycles. The van der Waals surface area contributed by atoms with E-state index in [0.29, 0.717) is 12.2 Å². The molecule has 2 nitrogen and oxygen atoms in total. The average molecular weight is 328 g/mol. The molecule has 0 fully saturated rings. The van der Waals surface area contributed by atoms with E-state index < -0.39 is 0 Å². The van der Waals surface area contributed by atoms with E-state index >= 15 is 0 Å². The largest absolute Gasteiger partial charge is 0.462 e. The van der Waals surface area contributed by atoms with Gasteiger partial charge in [0.05, 0.1) is 6.61 Å². The smallest absolute Gasteiger partial charge is 0.333 e. The van der Waals surface area contributed by atoms with Crippen LogP contribution in [0.25, 0.3) is 32.3 Å². The number of carbonyl (C=O) groups is 1. The van der Waals surface area contributed by atoms with Gasteiger partial charge in [-0.25, -0.2) is 4.79 Å². The summed E-state index contributed by atoms with van der Waals surface area (Å²) in [4.78, 5) is 11.4. The van der Waals surface area contributed by atoms with E-state index in [0.717, 1.165) is 12.8 Å². The topological polar surface area (TPSA) is 26.3 Å². The van der Waals surface area contributed by atoms with Gasteiger partial charge in [-0.1, -0.05) is 61.2 Å². The molecule has 0 aliphatic heterocycles. The van der Waals surface area contributed by atoms with Crippen molar-refractivity contribution in [3.8, 4) is 0 Å². The summed E-state index contributed by atoms with van der Waals surface area (Å²) in [5.74, 6) is -0.310. The first-order valence-corrected chi connectivity index (χ1v) is 8.62.